The summed E-state index contributed by atoms with van der Waals surface area (Å²) in [5.74, 6) is 1.59. The Kier molecular flexibility index (Phi) is 9.34. The fourth-order valence-corrected chi connectivity index (χ4v) is 2.82. The Morgan fingerprint density at radius 1 is 1.23 bits per heavy atom. The summed E-state index contributed by atoms with van der Waals surface area (Å²) in [5.41, 5.74) is 6.38. The predicted octanol–water partition coefficient (Wildman–Crippen LogP) is 2.24. The van der Waals surface area contributed by atoms with Crippen molar-refractivity contribution in [2.75, 3.05) is 29.9 Å². The number of unbranched alkanes of at least 4 members (excludes halogenated alkanes) is 1. The van der Waals surface area contributed by atoms with Crippen LogP contribution in [0.15, 0.2) is 24.3 Å². The van der Waals surface area contributed by atoms with E-state index in [2.05, 4.69) is 17.6 Å². The molecule has 0 bridgehead atoms. The number of rotatable bonds is 10. The zero-order valence-corrected chi connectivity index (χ0v) is 13.9. The van der Waals surface area contributed by atoms with Gasteiger partial charge < -0.3 is 16.4 Å². The Labute approximate surface area is 136 Å². The summed E-state index contributed by atoms with van der Waals surface area (Å²) >= 11 is 1.78. The summed E-state index contributed by atoms with van der Waals surface area (Å²) < 4.78 is 0. The van der Waals surface area contributed by atoms with Gasteiger partial charge in [-0.15, -0.1) is 0 Å². The molecule has 0 saturated carbocycles. The van der Waals surface area contributed by atoms with Crippen LogP contribution < -0.4 is 16.4 Å². The SMILES string of the molecule is CCCCSCCC(=O)Nc1ccccc1C(=O)NCCN. The van der Waals surface area contributed by atoms with Crippen molar-refractivity contribution < 1.29 is 9.59 Å². The monoisotopic (exact) mass is 323 g/mol. The van der Waals surface area contributed by atoms with Crippen molar-refractivity contribution in [3.63, 3.8) is 0 Å². The second kappa shape index (κ2) is 11.1. The highest BCUT2D eigenvalue weighted by Gasteiger charge is 2.12. The molecule has 0 aromatic heterocycles. The molecule has 1 aromatic carbocycles. The van der Waals surface area contributed by atoms with Crippen molar-refractivity contribution in [1.82, 2.24) is 5.32 Å². The van der Waals surface area contributed by atoms with E-state index in [9.17, 15) is 9.59 Å². The molecule has 5 nitrogen and oxygen atoms in total. The second-order valence-electron chi connectivity index (χ2n) is 4.85. The van der Waals surface area contributed by atoms with E-state index in [1.807, 2.05) is 0 Å². The van der Waals surface area contributed by atoms with E-state index >= 15 is 0 Å². The highest BCUT2D eigenvalue weighted by Crippen LogP contribution is 2.16. The van der Waals surface area contributed by atoms with Crippen LogP contribution >= 0.6 is 11.8 Å². The molecule has 2 amide bonds. The van der Waals surface area contributed by atoms with Gasteiger partial charge in [-0.2, -0.15) is 11.8 Å². The first-order valence-electron chi connectivity index (χ1n) is 7.64. The highest BCUT2D eigenvalue weighted by molar-refractivity contribution is 7.99. The van der Waals surface area contributed by atoms with E-state index in [-0.39, 0.29) is 11.8 Å². The minimum Gasteiger partial charge on any atom is -0.351 e. The molecule has 0 atom stereocenters. The number of carbonyl (C=O) groups is 2. The van der Waals surface area contributed by atoms with Crippen molar-refractivity contribution in [2.24, 2.45) is 5.73 Å². The van der Waals surface area contributed by atoms with Gasteiger partial charge >= 0.3 is 0 Å². The minimum absolute atomic E-state index is 0.0666. The number of anilines is 1. The first-order valence-corrected chi connectivity index (χ1v) is 8.79. The largest absolute Gasteiger partial charge is 0.351 e. The van der Waals surface area contributed by atoms with Crippen molar-refractivity contribution >= 4 is 29.3 Å². The average molecular weight is 323 g/mol. The summed E-state index contributed by atoms with van der Waals surface area (Å²) in [4.78, 5) is 24.0. The van der Waals surface area contributed by atoms with Crippen LogP contribution in [0.5, 0.6) is 0 Å². The molecule has 0 aliphatic rings. The smallest absolute Gasteiger partial charge is 0.253 e. The van der Waals surface area contributed by atoms with E-state index in [0.29, 0.717) is 30.8 Å². The molecule has 22 heavy (non-hydrogen) atoms. The lowest BCUT2D eigenvalue weighted by molar-refractivity contribution is -0.115. The number of para-hydroxylation sites is 1. The maximum Gasteiger partial charge on any atom is 0.253 e. The van der Waals surface area contributed by atoms with Crippen LogP contribution in [0, 0.1) is 0 Å². The number of hydrogen-bond acceptors (Lipinski definition) is 4. The zero-order chi connectivity index (χ0) is 16.2. The van der Waals surface area contributed by atoms with Crippen molar-refractivity contribution in [2.45, 2.75) is 26.2 Å². The fourth-order valence-electron chi connectivity index (χ4n) is 1.80. The Bertz CT molecular complexity index is 480. The van der Waals surface area contributed by atoms with Gasteiger partial charge in [-0.05, 0) is 24.3 Å². The number of carbonyl (C=O) groups excluding carboxylic acids is 2. The third kappa shape index (κ3) is 6.95. The predicted molar refractivity (Wildman–Crippen MR) is 93.3 cm³/mol. The van der Waals surface area contributed by atoms with Gasteiger partial charge in [-0.1, -0.05) is 25.5 Å². The van der Waals surface area contributed by atoms with E-state index in [1.54, 1.807) is 36.0 Å². The summed E-state index contributed by atoms with van der Waals surface area (Å²) in [5, 5.41) is 5.52. The van der Waals surface area contributed by atoms with Crippen molar-refractivity contribution in [1.29, 1.82) is 0 Å². The molecule has 0 heterocycles. The standard InChI is InChI=1S/C16H25N3O2S/c1-2-3-11-22-12-8-15(20)19-14-7-5-4-6-13(14)16(21)18-10-9-17/h4-7H,2-3,8-12,17H2,1H3,(H,18,21)(H,19,20). The topological polar surface area (TPSA) is 84.2 Å². The lowest BCUT2D eigenvalue weighted by Gasteiger charge is -2.11. The molecule has 1 aromatic rings. The molecule has 0 radical (unpaired) electrons. The summed E-state index contributed by atoms with van der Waals surface area (Å²) in [6.07, 6.45) is 2.80. The summed E-state index contributed by atoms with van der Waals surface area (Å²) in [6, 6.07) is 7.00. The first kappa shape index (κ1) is 18.5. The van der Waals surface area contributed by atoms with Gasteiger partial charge in [-0.3, -0.25) is 9.59 Å². The second-order valence-corrected chi connectivity index (χ2v) is 6.08. The Hall–Kier alpha value is -1.53. The minimum atomic E-state index is -0.223. The maximum atomic E-state index is 12.0. The third-order valence-electron chi connectivity index (χ3n) is 2.99. The number of thioether (sulfide) groups is 1. The van der Waals surface area contributed by atoms with Gasteiger partial charge in [0.25, 0.3) is 5.91 Å². The first-order chi connectivity index (χ1) is 10.7. The van der Waals surface area contributed by atoms with Crippen LogP contribution in [0.3, 0.4) is 0 Å². The fraction of sp³-hybridized carbons (Fsp3) is 0.500. The lowest BCUT2D eigenvalue weighted by Crippen LogP contribution is -2.30. The van der Waals surface area contributed by atoms with Crippen LogP contribution in [0.1, 0.15) is 36.5 Å². The van der Waals surface area contributed by atoms with E-state index in [1.165, 1.54) is 12.8 Å². The van der Waals surface area contributed by atoms with Gasteiger partial charge in [0.05, 0.1) is 11.3 Å². The molecule has 0 saturated heterocycles. The quantitative estimate of drug-likeness (QED) is 0.577. The number of amides is 2. The van der Waals surface area contributed by atoms with Crippen LogP contribution in [0.4, 0.5) is 5.69 Å². The van der Waals surface area contributed by atoms with Crippen molar-refractivity contribution in [3.05, 3.63) is 29.8 Å². The molecule has 0 unspecified atom stereocenters. The molecule has 0 fully saturated rings. The Balaban J connectivity index is 2.50. The van der Waals surface area contributed by atoms with Gasteiger partial charge in [0.15, 0.2) is 0 Å². The highest BCUT2D eigenvalue weighted by atomic mass is 32.2. The molecule has 0 aliphatic heterocycles. The van der Waals surface area contributed by atoms with Gasteiger partial charge in [-0.25, -0.2) is 0 Å². The van der Waals surface area contributed by atoms with Crippen LogP contribution in [-0.2, 0) is 4.79 Å². The zero-order valence-electron chi connectivity index (χ0n) is 13.1. The average Bonchev–Trinajstić information content (AvgIpc) is 2.53. The Morgan fingerprint density at radius 3 is 2.73 bits per heavy atom. The van der Waals surface area contributed by atoms with E-state index in [4.69, 9.17) is 5.73 Å². The molecule has 6 heteroatoms. The molecule has 0 aliphatic carbocycles. The van der Waals surface area contributed by atoms with Crippen LogP contribution in [-0.4, -0.2) is 36.4 Å². The molecule has 122 valence electrons. The molecule has 4 N–H and O–H groups in total. The van der Waals surface area contributed by atoms with Gasteiger partial charge in [0.1, 0.15) is 0 Å². The van der Waals surface area contributed by atoms with E-state index < -0.39 is 0 Å². The molecular formula is C16H25N3O2S. The normalized spacial score (nSPS) is 10.3. The summed E-state index contributed by atoms with van der Waals surface area (Å²) in [6.45, 7) is 2.95. The Morgan fingerprint density at radius 2 is 2.00 bits per heavy atom. The van der Waals surface area contributed by atoms with E-state index in [0.717, 1.165) is 11.5 Å². The number of hydrogen-bond donors (Lipinski definition) is 3. The van der Waals surface area contributed by atoms with Crippen LogP contribution in [0.2, 0.25) is 0 Å². The van der Waals surface area contributed by atoms with Crippen molar-refractivity contribution in [3.8, 4) is 0 Å². The number of nitrogens with one attached hydrogen (secondary N) is 2. The van der Waals surface area contributed by atoms with Gasteiger partial charge in [0, 0.05) is 25.3 Å². The lowest BCUT2D eigenvalue weighted by atomic mass is 10.1. The summed E-state index contributed by atoms with van der Waals surface area (Å²) in [7, 11) is 0. The van der Waals surface area contributed by atoms with Crippen LogP contribution in [0.25, 0.3) is 0 Å². The number of nitrogens with two attached hydrogens (primary N) is 1. The number of benzene rings is 1. The maximum absolute atomic E-state index is 12.0. The molecule has 0 spiro atoms. The molecule has 1 rings (SSSR count). The third-order valence-corrected chi connectivity index (χ3v) is 4.06. The molecular weight excluding hydrogens is 298 g/mol. The van der Waals surface area contributed by atoms with Gasteiger partial charge in [0.2, 0.25) is 5.91 Å².